The van der Waals surface area contributed by atoms with Crippen molar-refractivity contribution >= 4 is 11.7 Å². The molecule has 1 unspecified atom stereocenters. The molecule has 1 saturated heterocycles. The van der Waals surface area contributed by atoms with Gasteiger partial charge in [-0.2, -0.15) is 0 Å². The predicted octanol–water partition coefficient (Wildman–Crippen LogP) is 2.43. The number of aromatic nitrogens is 2. The van der Waals surface area contributed by atoms with Crippen molar-refractivity contribution in [2.45, 2.75) is 32.2 Å². The van der Waals surface area contributed by atoms with Crippen molar-refractivity contribution in [2.75, 3.05) is 18.4 Å². The third kappa shape index (κ3) is 4.06. The van der Waals surface area contributed by atoms with E-state index in [0.29, 0.717) is 0 Å². The number of carbonyl (C=O) groups is 1. The first-order chi connectivity index (χ1) is 11.2. The molecule has 120 valence electrons. The summed E-state index contributed by atoms with van der Waals surface area (Å²) in [7, 11) is 0. The Balaban J connectivity index is 1.48. The number of rotatable bonds is 6. The summed E-state index contributed by atoms with van der Waals surface area (Å²) in [5.74, 6) is 0.899. The molecule has 0 bridgehead atoms. The molecule has 0 aliphatic carbocycles. The Morgan fingerprint density at radius 2 is 2.09 bits per heavy atom. The van der Waals surface area contributed by atoms with E-state index in [1.54, 1.807) is 0 Å². The summed E-state index contributed by atoms with van der Waals surface area (Å²) in [5.41, 5.74) is 2.22. The summed E-state index contributed by atoms with van der Waals surface area (Å²) in [4.78, 5) is 22.7. The lowest BCUT2D eigenvalue weighted by atomic mass is 10.1. The number of benzene rings is 1. The lowest BCUT2D eigenvalue weighted by Crippen LogP contribution is -2.34. The molecule has 0 radical (unpaired) electrons. The molecule has 0 saturated carbocycles. The fourth-order valence-electron chi connectivity index (χ4n) is 2.93. The zero-order chi connectivity index (χ0) is 16.1. The minimum Gasteiger partial charge on any atom is -0.358 e. The Morgan fingerprint density at radius 1 is 1.26 bits per heavy atom. The minimum atomic E-state index is -0.166. The molecule has 1 aliphatic rings. The highest BCUT2D eigenvalue weighted by Crippen LogP contribution is 2.17. The van der Waals surface area contributed by atoms with Crippen molar-refractivity contribution < 1.29 is 4.79 Å². The van der Waals surface area contributed by atoms with Gasteiger partial charge in [0.2, 0.25) is 5.91 Å². The standard InChI is InChI=1S/C18H22N4O/c1-14-12-17(20-13-19-14)21-16-9-11-22(18(16)23)10-5-8-15-6-3-2-4-7-15/h2-4,6-7,12-13,16H,5,8-11H2,1H3,(H,19,20,21). The largest absolute Gasteiger partial charge is 0.358 e. The molecule has 1 aliphatic heterocycles. The molecule has 5 nitrogen and oxygen atoms in total. The van der Waals surface area contributed by atoms with Crippen molar-refractivity contribution in [3.63, 3.8) is 0 Å². The minimum absolute atomic E-state index is 0.166. The summed E-state index contributed by atoms with van der Waals surface area (Å²) in [6, 6.07) is 12.1. The molecule has 1 atom stereocenters. The van der Waals surface area contributed by atoms with Crippen molar-refractivity contribution in [2.24, 2.45) is 0 Å². The molecule has 0 spiro atoms. The van der Waals surface area contributed by atoms with E-state index >= 15 is 0 Å². The van der Waals surface area contributed by atoms with Crippen LogP contribution in [-0.4, -0.2) is 39.9 Å². The monoisotopic (exact) mass is 310 g/mol. The normalized spacial score (nSPS) is 17.5. The molecular weight excluding hydrogens is 288 g/mol. The van der Waals surface area contributed by atoms with Gasteiger partial charge in [0.05, 0.1) is 0 Å². The zero-order valence-electron chi connectivity index (χ0n) is 13.4. The first-order valence-electron chi connectivity index (χ1n) is 8.10. The molecule has 1 aromatic heterocycles. The van der Waals surface area contributed by atoms with Crippen molar-refractivity contribution in [3.8, 4) is 0 Å². The van der Waals surface area contributed by atoms with Gasteiger partial charge in [-0.3, -0.25) is 4.79 Å². The summed E-state index contributed by atoms with van der Waals surface area (Å²) >= 11 is 0. The molecule has 5 heteroatoms. The lowest BCUT2D eigenvalue weighted by molar-refractivity contribution is -0.128. The second kappa shape index (κ2) is 7.22. The maximum Gasteiger partial charge on any atom is 0.245 e. The van der Waals surface area contributed by atoms with Gasteiger partial charge < -0.3 is 10.2 Å². The summed E-state index contributed by atoms with van der Waals surface area (Å²) < 4.78 is 0. The van der Waals surface area contributed by atoms with Gasteiger partial charge in [-0.15, -0.1) is 0 Å². The first-order valence-corrected chi connectivity index (χ1v) is 8.10. The van der Waals surface area contributed by atoms with Crippen LogP contribution in [0, 0.1) is 6.92 Å². The van der Waals surface area contributed by atoms with E-state index in [1.807, 2.05) is 24.0 Å². The summed E-state index contributed by atoms with van der Waals surface area (Å²) in [5, 5.41) is 3.23. The number of amides is 1. The molecule has 1 fully saturated rings. The number of likely N-dealkylation sites (tertiary alicyclic amines) is 1. The van der Waals surface area contributed by atoms with Gasteiger partial charge in [0.25, 0.3) is 0 Å². The molecule has 3 rings (SSSR count). The SMILES string of the molecule is Cc1cc(NC2CCN(CCCc3ccccc3)C2=O)ncn1. The molecular formula is C18H22N4O. The van der Waals surface area contributed by atoms with Gasteiger partial charge in [0, 0.05) is 24.8 Å². The quantitative estimate of drug-likeness (QED) is 0.890. The smallest absolute Gasteiger partial charge is 0.245 e. The number of aryl methyl sites for hydroxylation is 2. The molecule has 1 amide bonds. The molecule has 23 heavy (non-hydrogen) atoms. The topological polar surface area (TPSA) is 58.1 Å². The van der Waals surface area contributed by atoms with E-state index in [-0.39, 0.29) is 11.9 Å². The Morgan fingerprint density at radius 3 is 2.87 bits per heavy atom. The highest BCUT2D eigenvalue weighted by atomic mass is 16.2. The number of hydrogen-bond donors (Lipinski definition) is 1. The number of nitrogens with zero attached hydrogens (tertiary/aromatic N) is 3. The van der Waals surface area contributed by atoms with Gasteiger partial charge in [0.1, 0.15) is 18.2 Å². The van der Waals surface area contributed by atoms with Gasteiger partial charge in [-0.1, -0.05) is 30.3 Å². The van der Waals surface area contributed by atoms with E-state index in [0.717, 1.165) is 43.9 Å². The van der Waals surface area contributed by atoms with Crippen LogP contribution in [0.1, 0.15) is 24.1 Å². The molecule has 2 aromatic rings. The van der Waals surface area contributed by atoms with E-state index < -0.39 is 0 Å². The second-order valence-corrected chi connectivity index (χ2v) is 5.94. The molecule has 1 N–H and O–H groups in total. The zero-order valence-corrected chi connectivity index (χ0v) is 13.4. The second-order valence-electron chi connectivity index (χ2n) is 5.94. The third-order valence-corrected chi connectivity index (χ3v) is 4.16. The van der Waals surface area contributed by atoms with Crippen LogP contribution >= 0.6 is 0 Å². The van der Waals surface area contributed by atoms with Crippen molar-refractivity contribution in [1.82, 2.24) is 14.9 Å². The molecule has 1 aromatic carbocycles. The lowest BCUT2D eigenvalue weighted by Gasteiger charge is -2.17. The van der Waals surface area contributed by atoms with Crippen LogP contribution in [0.15, 0.2) is 42.7 Å². The Bertz CT molecular complexity index is 659. The van der Waals surface area contributed by atoms with Crippen LogP contribution in [0.5, 0.6) is 0 Å². The summed E-state index contributed by atoms with van der Waals surface area (Å²) in [6.45, 7) is 3.54. The molecule has 2 heterocycles. The van der Waals surface area contributed by atoms with Crippen LogP contribution in [0.2, 0.25) is 0 Å². The van der Waals surface area contributed by atoms with Gasteiger partial charge in [-0.05, 0) is 31.7 Å². The fraction of sp³-hybridized carbons (Fsp3) is 0.389. The van der Waals surface area contributed by atoms with Crippen molar-refractivity contribution in [3.05, 3.63) is 54.0 Å². The Hall–Kier alpha value is -2.43. The van der Waals surface area contributed by atoms with Crippen LogP contribution in [0.4, 0.5) is 5.82 Å². The van der Waals surface area contributed by atoms with Crippen LogP contribution in [0.25, 0.3) is 0 Å². The van der Waals surface area contributed by atoms with Crippen molar-refractivity contribution in [1.29, 1.82) is 0 Å². The highest BCUT2D eigenvalue weighted by molar-refractivity contribution is 5.86. The van der Waals surface area contributed by atoms with Crippen LogP contribution < -0.4 is 5.32 Å². The van der Waals surface area contributed by atoms with E-state index in [2.05, 4.69) is 39.6 Å². The fourth-order valence-corrected chi connectivity index (χ4v) is 2.93. The number of hydrogen-bond acceptors (Lipinski definition) is 4. The number of carbonyl (C=O) groups excluding carboxylic acids is 1. The number of nitrogens with one attached hydrogen (secondary N) is 1. The number of anilines is 1. The van der Waals surface area contributed by atoms with Gasteiger partial charge >= 0.3 is 0 Å². The van der Waals surface area contributed by atoms with E-state index in [4.69, 9.17) is 0 Å². The van der Waals surface area contributed by atoms with E-state index in [9.17, 15) is 4.79 Å². The maximum atomic E-state index is 12.5. The third-order valence-electron chi connectivity index (χ3n) is 4.16. The van der Waals surface area contributed by atoms with Gasteiger partial charge in [-0.25, -0.2) is 9.97 Å². The first kappa shape index (κ1) is 15.5. The highest BCUT2D eigenvalue weighted by Gasteiger charge is 2.31. The predicted molar refractivity (Wildman–Crippen MR) is 90.1 cm³/mol. The van der Waals surface area contributed by atoms with Crippen LogP contribution in [-0.2, 0) is 11.2 Å². The Labute approximate surface area is 136 Å². The average molecular weight is 310 g/mol. The van der Waals surface area contributed by atoms with E-state index in [1.165, 1.54) is 11.9 Å². The Kier molecular flexibility index (Phi) is 4.86. The summed E-state index contributed by atoms with van der Waals surface area (Å²) in [6.07, 6.45) is 4.35. The van der Waals surface area contributed by atoms with Crippen LogP contribution in [0.3, 0.4) is 0 Å². The average Bonchev–Trinajstić information content (AvgIpc) is 2.89. The maximum absolute atomic E-state index is 12.5. The van der Waals surface area contributed by atoms with Gasteiger partial charge in [0.15, 0.2) is 0 Å².